The van der Waals surface area contributed by atoms with E-state index in [0.29, 0.717) is 31.7 Å². The zero-order valence-electron chi connectivity index (χ0n) is 10.0. The first kappa shape index (κ1) is 15.4. The molecule has 0 heterocycles. The van der Waals surface area contributed by atoms with Crippen molar-refractivity contribution in [3.63, 3.8) is 0 Å². The molecular formula is C12H17ClFNO2S. The van der Waals surface area contributed by atoms with Crippen molar-refractivity contribution in [2.45, 2.75) is 19.3 Å². The Morgan fingerprint density at radius 3 is 2.44 bits per heavy atom. The third-order valence-corrected chi connectivity index (χ3v) is 4.18. The first-order valence-corrected chi connectivity index (χ1v) is 8.00. The highest BCUT2D eigenvalue weighted by Gasteiger charge is 2.08. The van der Waals surface area contributed by atoms with Crippen LogP contribution in [0.5, 0.6) is 0 Å². The SMILES string of the molecule is O=S(=O)(CCCCCl)NCCc1ccc(F)cc1. The van der Waals surface area contributed by atoms with Crippen molar-refractivity contribution < 1.29 is 12.8 Å². The highest BCUT2D eigenvalue weighted by Crippen LogP contribution is 2.03. The second-order valence-electron chi connectivity index (χ2n) is 3.99. The molecule has 1 N–H and O–H groups in total. The van der Waals surface area contributed by atoms with Crippen LogP contribution < -0.4 is 4.72 Å². The van der Waals surface area contributed by atoms with E-state index in [4.69, 9.17) is 11.6 Å². The van der Waals surface area contributed by atoms with Crippen LogP contribution in [0.1, 0.15) is 18.4 Å². The van der Waals surface area contributed by atoms with E-state index in [2.05, 4.69) is 4.72 Å². The molecule has 18 heavy (non-hydrogen) atoms. The van der Waals surface area contributed by atoms with Gasteiger partial charge >= 0.3 is 0 Å². The molecule has 0 aliphatic heterocycles. The van der Waals surface area contributed by atoms with Crippen LogP contribution in [0.15, 0.2) is 24.3 Å². The molecule has 1 aromatic carbocycles. The van der Waals surface area contributed by atoms with Gasteiger partial charge in [0.25, 0.3) is 0 Å². The van der Waals surface area contributed by atoms with Crippen LogP contribution in [0.2, 0.25) is 0 Å². The van der Waals surface area contributed by atoms with Crippen molar-refractivity contribution in [1.82, 2.24) is 4.72 Å². The topological polar surface area (TPSA) is 46.2 Å². The number of hydrogen-bond acceptors (Lipinski definition) is 2. The maximum Gasteiger partial charge on any atom is 0.211 e. The fourth-order valence-electron chi connectivity index (χ4n) is 1.46. The minimum Gasteiger partial charge on any atom is -0.215 e. The van der Waals surface area contributed by atoms with Crippen molar-refractivity contribution in [1.29, 1.82) is 0 Å². The molecule has 1 aromatic rings. The minimum absolute atomic E-state index is 0.100. The molecule has 0 aliphatic rings. The Kier molecular flexibility index (Phi) is 6.60. The summed E-state index contributed by atoms with van der Waals surface area (Å²) in [5.74, 6) is 0.286. The van der Waals surface area contributed by atoms with E-state index in [0.717, 1.165) is 5.56 Å². The lowest BCUT2D eigenvalue weighted by Crippen LogP contribution is -2.28. The number of hydrogen-bond donors (Lipinski definition) is 1. The van der Waals surface area contributed by atoms with E-state index in [9.17, 15) is 12.8 Å². The van der Waals surface area contributed by atoms with Crippen LogP contribution in [0.25, 0.3) is 0 Å². The number of nitrogens with one attached hydrogen (secondary N) is 1. The van der Waals surface area contributed by atoms with Gasteiger partial charge in [-0.05, 0) is 37.0 Å². The summed E-state index contributed by atoms with van der Waals surface area (Å²) < 4.78 is 38.2. The molecule has 0 atom stereocenters. The fourth-order valence-corrected chi connectivity index (χ4v) is 2.79. The summed E-state index contributed by atoms with van der Waals surface area (Å²) in [6.45, 7) is 0.328. The number of sulfonamides is 1. The van der Waals surface area contributed by atoms with Gasteiger partial charge in [0.2, 0.25) is 10.0 Å². The van der Waals surface area contributed by atoms with E-state index in [1.54, 1.807) is 12.1 Å². The second-order valence-corrected chi connectivity index (χ2v) is 6.29. The normalized spacial score (nSPS) is 11.7. The predicted octanol–water partition coefficient (Wildman–Crippen LogP) is 2.31. The van der Waals surface area contributed by atoms with Crippen molar-refractivity contribution in [2.75, 3.05) is 18.2 Å². The van der Waals surface area contributed by atoms with E-state index >= 15 is 0 Å². The van der Waals surface area contributed by atoms with Gasteiger partial charge in [-0.25, -0.2) is 17.5 Å². The molecular weight excluding hydrogens is 277 g/mol. The zero-order chi connectivity index (χ0) is 13.4. The Morgan fingerprint density at radius 2 is 1.83 bits per heavy atom. The van der Waals surface area contributed by atoms with Crippen LogP contribution in [0.4, 0.5) is 4.39 Å². The minimum atomic E-state index is -3.21. The van der Waals surface area contributed by atoms with Crippen molar-refractivity contribution in [3.8, 4) is 0 Å². The van der Waals surface area contributed by atoms with Gasteiger partial charge < -0.3 is 0 Å². The molecule has 0 saturated heterocycles. The number of unbranched alkanes of at least 4 members (excludes halogenated alkanes) is 1. The Hall–Kier alpha value is -0.650. The van der Waals surface area contributed by atoms with Crippen LogP contribution in [0.3, 0.4) is 0 Å². The third kappa shape index (κ3) is 6.33. The third-order valence-electron chi connectivity index (χ3n) is 2.45. The van der Waals surface area contributed by atoms with Gasteiger partial charge in [-0.15, -0.1) is 11.6 Å². The summed E-state index contributed by atoms with van der Waals surface area (Å²) in [4.78, 5) is 0. The van der Waals surface area contributed by atoms with Gasteiger partial charge in [0.1, 0.15) is 5.82 Å². The monoisotopic (exact) mass is 293 g/mol. The molecule has 0 unspecified atom stereocenters. The van der Waals surface area contributed by atoms with Gasteiger partial charge in [0.05, 0.1) is 5.75 Å². The van der Waals surface area contributed by atoms with E-state index in [1.807, 2.05) is 0 Å². The Bertz CT molecular complexity index is 448. The molecule has 0 amide bonds. The lowest BCUT2D eigenvalue weighted by molar-refractivity contribution is 0.578. The molecule has 1 rings (SSSR count). The van der Waals surface area contributed by atoms with Crippen molar-refractivity contribution in [3.05, 3.63) is 35.6 Å². The van der Waals surface area contributed by atoms with E-state index in [1.165, 1.54) is 12.1 Å². The number of halogens is 2. The number of rotatable bonds is 8. The molecule has 0 radical (unpaired) electrons. The van der Waals surface area contributed by atoms with Crippen LogP contribution in [0, 0.1) is 5.82 Å². The summed E-state index contributed by atoms with van der Waals surface area (Å²) in [7, 11) is -3.21. The average molecular weight is 294 g/mol. The fraction of sp³-hybridized carbons (Fsp3) is 0.500. The van der Waals surface area contributed by atoms with Crippen LogP contribution in [-0.2, 0) is 16.4 Å². The Labute approximate surface area is 112 Å². The van der Waals surface area contributed by atoms with Crippen LogP contribution >= 0.6 is 11.6 Å². The lowest BCUT2D eigenvalue weighted by Gasteiger charge is -2.06. The molecule has 0 fully saturated rings. The average Bonchev–Trinajstić information content (AvgIpc) is 2.32. The highest BCUT2D eigenvalue weighted by atomic mass is 35.5. The summed E-state index contributed by atoms with van der Waals surface area (Å²) in [6.07, 6.45) is 1.81. The first-order valence-electron chi connectivity index (χ1n) is 5.81. The largest absolute Gasteiger partial charge is 0.215 e. The van der Waals surface area contributed by atoms with Crippen molar-refractivity contribution >= 4 is 21.6 Å². The molecule has 0 saturated carbocycles. The molecule has 0 aliphatic carbocycles. The molecule has 0 bridgehead atoms. The molecule has 0 aromatic heterocycles. The maximum absolute atomic E-state index is 12.6. The number of benzene rings is 1. The quantitative estimate of drug-likeness (QED) is 0.590. The molecule has 3 nitrogen and oxygen atoms in total. The molecule has 6 heteroatoms. The Morgan fingerprint density at radius 1 is 1.17 bits per heavy atom. The molecule has 0 spiro atoms. The second kappa shape index (κ2) is 7.71. The summed E-state index contributed by atoms with van der Waals surface area (Å²) in [5.41, 5.74) is 0.903. The van der Waals surface area contributed by atoms with Gasteiger partial charge in [-0.1, -0.05) is 12.1 Å². The van der Waals surface area contributed by atoms with Crippen LogP contribution in [-0.4, -0.2) is 26.6 Å². The number of alkyl halides is 1. The van der Waals surface area contributed by atoms with Gasteiger partial charge in [0.15, 0.2) is 0 Å². The van der Waals surface area contributed by atoms with Gasteiger partial charge in [-0.2, -0.15) is 0 Å². The van der Waals surface area contributed by atoms with Crippen molar-refractivity contribution in [2.24, 2.45) is 0 Å². The smallest absolute Gasteiger partial charge is 0.211 e. The summed E-state index contributed by atoms with van der Waals surface area (Å²) in [6, 6.07) is 6.03. The molecule has 102 valence electrons. The summed E-state index contributed by atoms with van der Waals surface area (Å²) in [5, 5.41) is 0. The standard InChI is InChI=1S/C12H17ClFNO2S/c13-8-1-2-10-18(16,17)15-9-7-11-3-5-12(14)6-4-11/h3-6,15H,1-2,7-10H2. The lowest BCUT2D eigenvalue weighted by atomic mass is 10.1. The van der Waals surface area contributed by atoms with E-state index in [-0.39, 0.29) is 11.6 Å². The first-order chi connectivity index (χ1) is 8.53. The summed E-state index contributed by atoms with van der Waals surface area (Å²) >= 11 is 5.48. The Balaban J connectivity index is 2.30. The highest BCUT2D eigenvalue weighted by molar-refractivity contribution is 7.89. The van der Waals surface area contributed by atoms with Gasteiger partial charge in [0, 0.05) is 12.4 Å². The van der Waals surface area contributed by atoms with Gasteiger partial charge in [-0.3, -0.25) is 0 Å². The van der Waals surface area contributed by atoms with E-state index < -0.39 is 10.0 Å². The predicted molar refractivity (Wildman–Crippen MR) is 71.8 cm³/mol. The zero-order valence-corrected chi connectivity index (χ0v) is 11.6. The maximum atomic E-state index is 12.6.